The van der Waals surface area contributed by atoms with E-state index in [1.807, 2.05) is 10.2 Å². The molecule has 1 radical (unpaired) electrons. The third-order valence-corrected chi connectivity index (χ3v) is 0. The second-order valence-electron chi connectivity index (χ2n) is 0.977. The van der Waals surface area contributed by atoms with Crippen LogP contribution in [-0.4, -0.2) is 15.5 Å². The quantitative estimate of drug-likeness (QED) is 0.287. The molecule has 0 rings (SSSR count). The van der Waals surface area contributed by atoms with Crippen molar-refractivity contribution < 1.29 is 0 Å². The van der Waals surface area contributed by atoms with Crippen molar-refractivity contribution in [2.45, 2.75) is 12.2 Å². The van der Waals surface area contributed by atoms with Gasteiger partial charge in [0.2, 0.25) is 0 Å². The average molecular weight is 91.1 g/mol. The third-order valence-electron chi connectivity index (χ3n) is 0. The van der Waals surface area contributed by atoms with E-state index in [4.69, 9.17) is 0 Å². The van der Waals surface area contributed by atoms with E-state index in [-0.39, 0.29) is 0 Å². The summed E-state index contributed by atoms with van der Waals surface area (Å²) in [6.45, 7) is 2.14. The SMILES string of the molecule is CC([SiH2])P. The lowest BCUT2D eigenvalue weighted by atomic mass is 11.0. The van der Waals surface area contributed by atoms with E-state index in [2.05, 4.69) is 16.2 Å². The minimum absolute atomic E-state index is 0.778. The highest BCUT2D eigenvalue weighted by Crippen LogP contribution is 1.85. The second kappa shape index (κ2) is 1.92. The second-order valence-corrected chi connectivity index (χ2v) is 4.35. The topological polar surface area (TPSA) is 0 Å². The molecular formula is C2H8PSi. The molecule has 0 amide bonds. The molecule has 0 saturated carbocycles. The van der Waals surface area contributed by atoms with E-state index in [9.17, 15) is 0 Å². The first-order chi connectivity index (χ1) is 1.73. The van der Waals surface area contributed by atoms with Crippen molar-refractivity contribution >= 4 is 19.5 Å². The Morgan fingerprint density at radius 3 is 2.00 bits per heavy atom. The smallest absolute Gasteiger partial charge is 0.0168 e. The Morgan fingerprint density at radius 2 is 2.00 bits per heavy atom. The molecule has 0 aliphatic heterocycles. The summed E-state index contributed by atoms with van der Waals surface area (Å²) in [5.74, 6) is 0. The molecule has 4 heavy (non-hydrogen) atoms. The van der Waals surface area contributed by atoms with Gasteiger partial charge in [-0.15, -0.1) is 9.24 Å². The van der Waals surface area contributed by atoms with E-state index in [1.54, 1.807) is 0 Å². The molecule has 0 heterocycles. The fourth-order valence-electron chi connectivity index (χ4n) is 0. The van der Waals surface area contributed by atoms with Crippen molar-refractivity contribution in [3.8, 4) is 0 Å². The molecule has 0 aromatic carbocycles. The van der Waals surface area contributed by atoms with E-state index < -0.39 is 0 Å². The van der Waals surface area contributed by atoms with Crippen LogP contribution in [0.4, 0.5) is 0 Å². The number of hydrogen-bond donors (Lipinski definition) is 0. The Balaban J connectivity index is 2.32. The predicted octanol–water partition coefficient (Wildman–Crippen LogP) is -0.159. The molecule has 25 valence electrons. The Kier molecular flexibility index (Phi) is 2.23. The molecule has 2 unspecified atom stereocenters. The molecule has 0 aliphatic carbocycles. The van der Waals surface area contributed by atoms with Crippen LogP contribution in [0.2, 0.25) is 0 Å². The summed E-state index contributed by atoms with van der Waals surface area (Å²) in [4.78, 5) is 0. The zero-order chi connectivity index (χ0) is 3.58. The molecule has 0 fully saturated rings. The maximum absolute atomic E-state index is 2.67. The standard InChI is InChI=1S/C2H8PSi/c1-2(3)4/h2H,3-4H2,1H3. The van der Waals surface area contributed by atoms with Crippen molar-refractivity contribution in [3.63, 3.8) is 0 Å². The summed E-state index contributed by atoms with van der Waals surface area (Å²) in [7, 11) is 4.64. The lowest BCUT2D eigenvalue weighted by Crippen LogP contribution is -1.80. The van der Waals surface area contributed by atoms with Crippen LogP contribution in [-0.2, 0) is 0 Å². The van der Waals surface area contributed by atoms with Crippen molar-refractivity contribution in [2.75, 3.05) is 0 Å². The largest absolute Gasteiger partial charge is 0.138 e. The molecule has 0 saturated heterocycles. The van der Waals surface area contributed by atoms with Gasteiger partial charge in [0.1, 0.15) is 0 Å². The molecule has 0 bridgehead atoms. The summed E-state index contributed by atoms with van der Waals surface area (Å²) in [5.41, 5.74) is 0. The van der Waals surface area contributed by atoms with Gasteiger partial charge in [0, 0.05) is 10.2 Å². The summed E-state index contributed by atoms with van der Waals surface area (Å²) in [5, 5.41) is 0.778. The molecule has 2 heteroatoms. The minimum Gasteiger partial charge on any atom is -0.138 e. The fraction of sp³-hybridized carbons (Fsp3) is 1.00. The number of rotatable bonds is 0. The van der Waals surface area contributed by atoms with Gasteiger partial charge in [0.25, 0.3) is 0 Å². The van der Waals surface area contributed by atoms with Gasteiger partial charge in [-0.25, -0.2) is 0 Å². The van der Waals surface area contributed by atoms with Crippen LogP contribution in [0.1, 0.15) is 6.92 Å². The third kappa shape index (κ3) is 17.2. The fourth-order valence-corrected chi connectivity index (χ4v) is 0. The Labute approximate surface area is 32.6 Å². The van der Waals surface area contributed by atoms with Gasteiger partial charge in [-0.3, -0.25) is 0 Å². The van der Waals surface area contributed by atoms with Gasteiger partial charge >= 0.3 is 0 Å². The molecule has 0 aromatic rings. The first-order valence-electron chi connectivity index (χ1n) is 1.32. The number of hydrogen-bond acceptors (Lipinski definition) is 0. The van der Waals surface area contributed by atoms with Gasteiger partial charge < -0.3 is 0 Å². The molecular weight excluding hydrogens is 83.1 g/mol. The van der Waals surface area contributed by atoms with Crippen LogP contribution in [0.3, 0.4) is 0 Å². The Morgan fingerprint density at radius 1 is 2.00 bits per heavy atom. The molecule has 0 aliphatic rings. The molecule has 0 N–H and O–H groups in total. The average Bonchev–Trinajstić information content (AvgIpc) is 0.811. The Bertz CT molecular complexity index is 10.8. The van der Waals surface area contributed by atoms with Gasteiger partial charge in [-0.1, -0.05) is 6.92 Å². The maximum atomic E-state index is 2.67. The van der Waals surface area contributed by atoms with Gasteiger partial charge in [0.15, 0.2) is 0 Å². The maximum Gasteiger partial charge on any atom is 0.0168 e. The minimum atomic E-state index is 0.778. The summed E-state index contributed by atoms with van der Waals surface area (Å²) < 4.78 is 0. The van der Waals surface area contributed by atoms with Crippen LogP contribution in [0.25, 0.3) is 0 Å². The van der Waals surface area contributed by atoms with E-state index in [0.717, 1.165) is 5.28 Å². The van der Waals surface area contributed by atoms with Crippen LogP contribution < -0.4 is 0 Å². The zero-order valence-electron chi connectivity index (χ0n) is 2.86. The van der Waals surface area contributed by atoms with Gasteiger partial charge in [-0.05, 0) is 5.28 Å². The highest BCUT2D eigenvalue weighted by atomic mass is 31.0. The van der Waals surface area contributed by atoms with E-state index in [1.165, 1.54) is 0 Å². The highest BCUT2D eigenvalue weighted by Gasteiger charge is 1.68. The lowest BCUT2D eigenvalue weighted by molar-refractivity contribution is 1.41. The van der Waals surface area contributed by atoms with Crippen molar-refractivity contribution in [2.24, 2.45) is 0 Å². The zero-order valence-corrected chi connectivity index (χ0v) is 5.43. The van der Waals surface area contributed by atoms with Crippen LogP contribution in [0.15, 0.2) is 0 Å². The van der Waals surface area contributed by atoms with Crippen LogP contribution >= 0.6 is 9.24 Å². The highest BCUT2D eigenvalue weighted by molar-refractivity contribution is 7.20. The van der Waals surface area contributed by atoms with Crippen molar-refractivity contribution in [1.82, 2.24) is 0 Å². The first kappa shape index (κ1) is 4.65. The summed E-state index contributed by atoms with van der Waals surface area (Å²) >= 11 is 0. The predicted molar refractivity (Wildman–Crippen MR) is 27.7 cm³/mol. The molecule has 0 nitrogen and oxygen atoms in total. The summed E-state index contributed by atoms with van der Waals surface area (Å²) in [6, 6.07) is 0. The lowest BCUT2D eigenvalue weighted by Gasteiger charge is -1.78. The normalized spacial score (nSPS) is 15.8. The van der Waals surface area contributed by atoms with E-state index in [0.29, 0.717) is 0 Å². The van der Waals surface area contributed by atoms with Crippen molar-refractivity contribution in [1.29, 1.82) is 0 Å². The van der Waals surface area contributed by atoms with Crippen LogP contribution in [0.5, 0.6) is 0 Å². The first-order valence-corrected chi connectivity index (χ1v) is 2.80. The van der Waals surface area contributed by atoms with E-state index >= 15 is 0 Å². The monoisotopic (exact) mass is 91.0 g/mol. The van der Waals surface area contributed by atoms with Gasteiger partial charge in [0.05, 0.1) is 0 Å². The molecule has 0 aromatic heterocycles. The van der Waals surface area contributed by atoms with Gasteiger partial charge in [-0.2, -0.15) is 0 Å². The van der Waals surface area contributed by atoms with Crippen LogP contribution in [0, 0.1) is 0 Å². The Hall–Kier alpha value is 0.647. The molecule has 0 spiro atoms. The summed E-state index contributed by atoms with van der Waals surface area (Å²) in [6.07, 6.45) is 0. The molecule has 2 atom stereocenters. The van der Waals surface area contributed by atoms with Crippen molar-refractivity contribution in [3.05, 3.63) is 0 Å².